The predicted octanol–water partition coefficient (Wildman–Crippen LogP) is 3.12. The molecule has 4 rings (SSSR count). The highest BCUT2D eigenvalue weighted by molar-refractivity contribution is 6.39. The molecule has 0 spiro atoms. The van der Waals surface area contributed by atoms with Crippen LogP contribution in [0.15, 0.2) is 47.8 Å². The fraction of sp³-hybridized carbons (Fsp3) is 0.517. The Kier molecular flexibility index (Phi) is 8.66. The van der Waals surface area contributed by atoms with Gasteiger partial charge in [0.15, 0.2) is 0 Å². The number of anilines is 2. The number of hydrogen-bond acceptors (Lipinski definition) is 7. The maximum Gasteiger partial charge on any atom is 0.313 e. The van der Waals surface area contributed by atoms with Crippen LogP contribution >= 0.6 is 0 Å². The Balaban J connectivity index is 1.44. The van der Waals surface area contributed by atoms with Gasteiger partial charge in [-0.1, -0.05) is 32.9 Å². The Labute approximate surface area is 225 Å². The van der Waals surface area contributed by atoms with Gasteiger partial charge in [0.25, 0.3) is 0 Å². The lowest BCUT2D eigenvalue weighted by Crippen LogP contribution is -2.51. The minimum absolute atomic E-state index is 0.250. The van der Waals surface area contributed by atoms with Crippen molar-refractivity contribution in [3.8, 4) is 0 Å². The van der Waals surface area contributed by atoms with Gasteiger partial charge in [0.05, 0.1) is 23.6 Å². The maximum absolute atomic E-state index is 13.3. The molecule has 38 heavy (non-hydrogen) atoms. The van der Waals surface area contributed by atoms with Gasteiger partial charge in [-0.3, -0.25) is 9.59 Å². The Morgan fingerprint density at radius 2 is 2.00 bits per heavy atom. The van der Waals surface area contributed by atoms with Crippen molar-refractivity contribution in [3.63, 3.8) is 0 Å². The summed E-state index contributed by atoms with van der Waals surface area (Å²) < 4.78 is 0. The molecule has 0 unspecified atom stereocenters. The van der Waals surface area contributed by atoms with Crippen LogP contribution in [-0.4, -0.2) is 71.1 Å². The summed E-state index contributed by atoms with van der Waals surface area (Å²) in [5.74, 6) is -0.0193. The fourth-order valence-electron chi connectivity index (χ4n) is 5.62. The number of likely N-dealkylation sites (tertiary alicyclic amines) is 2. The minimum atomic E-state index is -0.690. The van der Waals surface area contributed by atoms with Crippen LogP contribution in [0.2, 0.25) is 0 Å². The number of nitrogen functional groups attached to an aromatic ring is 1. The van der Waals surface area contributed by atoms with Crippen molar-refractivity contribution >= 4 is 29.0 Å². The first-order chi connectivity index (χ1) is 18.2. The number of aromatic nitrogens is 1. The standard InChI is InChI=1S/C29H41N7O2/c1-5-20-12-23(15-33-27(20)31)34-28(37)29(38)36-16-18(2)6-9-26(36)21-7-8-22(24(30)13-21)14-32-25-10-11-35(4)17-19(25)3/h7-8,12-15,18-19,25-26,30,32H,5-6,9-11,16-17H2,1-4H3,(H2,31,33)(H,34,37)/b22-14-,30-24?/t18-,19-,25+,26+/m0/s1. The van der Waals surface area contributed by atoms with E-state index in [2.05, 4.69) is 41.4 Å². The molecule has 5 N–H and O–H groups in total. The Bertz CT molecular complexity index is 1170. The normalized spacial score (nSPS) is 27.3. The van der Waals surface area contributed by atoms with Gasteiger partial charge >= 0.3 is 11.8 Å². The Morgan fingerprint density at radius 1 is 1.21 bits per heavy atom. The summed E-state index contributed by atoms with van der Waals surface area (Å²) in [7, 11) is 2.15. The third-order valence-electron chi connectivity index (χ3n) is 7.94. The summed E-state index contributed by atoms with van der Waals surface area (Å²) in [5.41, 5.74) is 9.26. The largest absolute Gasteiger partial charge is 0.387 e. The molecule has 3 heterocycles. The molecular weight excluding hydrogens is 478 g/mol. The summed E-state index contributed by atoms with van der Waals surface area (Å²) in [6, 6.07) is 1.90. The number of rotatable bonds is 5. The second-order valence-corrected chi connectivity index (χ2v) is 11.0. The third kappa shape index (κ3) is 6.32. The molecule has 2 aliphatic heterocycles. The molecule has 2 saturated heterocycles. The van der Waals surface area contributed by atoms with Crippen LogP contribution in [0.1, 0.15) is 45.6 Å². The molecule has 204 valence electrons. The second-order valence-electron chi connectivity index (χ2n) is 11.0. The molecule has 0 radical (unpaired) electrons. The van der Waals surface area contributed by atoms with Crippen LogP contribution < -0.4 is 16.4 Å². The zero-order valence-electron chi connectivity index (χ0n) is 23.0. The van der Waals surface area contributed by atoms with E-state index in [0.29, 0.717) is 42.1 Å². The smallest absolute Gasteiger partial charge is 0.313 e. The van der Waals surface area contributed by atoms with Gasteiger partial charge in [0.2, 0.25) is 0 Å². The van der Waals surface area contributed by atoms with Gasteiger partial charge < -0.3 is 31.6 Å². The summed E-state index contributed by atoms with van der Waals surface area (Å²) in [6.07, 6.45) is 12.6. The molecule has 0 aromatic carbocycles. The highest BCUT2D eigenvalue weighted by Gasteiger charge is 2.35. The summed E-state index contributed by atoms with van der Waals surface area (Å²) in [6.45, 7) is 8.92. The lowest BCUT2D eigenvalue weighted by atomic mass is 9.86. The van der Waals surface area contributed by atoms with Crippen molar-refractivity contribution in [1.82, 2.24) is 20.1 Å². The average molecular weight is 520 g/mol. The molecule has 9 nitrogen and oxygen atoms in total. The van der Waals surface area contributed by atoms with E-state index in [1.165, 1.54) is 6.20 Å². The lowest BCUT2D eigenvalue weighted by Gasteiger charge is -2.39. The topological polar surface area (TPSA) is 127 Å². The van der Waals surface area contributed by atoms with Crippen LogP contribution in [-0.2, 0) is 16.0 Å². The highest BCUT2D eigenvalue weighted by Crippen LogP contribution is 2.30. The quantitative estimate of drug-likeness (QED) is 0.443. The van der Waals surface area contributed by atoms with E-state index >= 15 is 0 Å². The van der Waals surface area contributed by atoms with Gasteiger partial charge in [0.1, 0.15) is 5.82 Å². The molecule has 0 bridgehead atoms. The number of carbonyl (C=O) groups excluding carboxylic acids is 2. The van der Waals surface area contributed by atoms with Gasteiger partial charge in [-0.15, -0.1) is 0 Å². The average Bonchev–Trinajstić information content (AvgIpc) is 2.89. The van der Waals surface area contributed by atoms with Gasteiger partial charge in [-0.25, -0.2) is 4.98 Å². The first-order valence-electron chi connectivity index (χ1n) is 13.7. The van der Waals surface area contributed by atoms with Crippen LogP contribution in [0, 0.1) is 17.2 Å². The fourth-order valence-corrected chi connectivity index (χ4v) is 5.62. The van der Waals surface area contributed by atoms with E-state index in [-0.39, 0.29) is 12.0 Å². The van der Waals surface area contributed by atoms with Crippen molar-refractivity contribution in [2.75, 3.05) is 37.7 Å². The molecule has 1 aromatic heterocycles. The third-order valence-corrected chi connectivity index (χ3v) is 7.94. The second kappa shape index (κ2) is 11.9. The molecule has 0 saturated carbocycles. The van der Waals surface area contributed by atoms with Crippen LogP contribution in [0.4, 0.5) is 11.5 Å². The SMILES string of the molecule is CCc1cc(NC(=O)C(=O)N2C[C@@H](C)CC[C@@H]2C2=CC(=N)/C(=C\N[C@@H]3CCN(C)C[C@@H]3C)C=C2)cnc1N. The molecular formula is C29H41N7O2. The van der Waals surface area contributed by atoms with Crippen LogP contribution in [0.5, 0.6) is 0 Å². The first kappa shape index (κ1) is 27.6. The van der Waals surface area contributed by atoms with Crippen molar-refractivity contribution in [3.05, 3.63) is 53.4 Å². The number of nitrogens with two attached hydrogens (primary N) is 1. The molecule has 2 fully saturated rings. The monoisotopic (exact) mass is 519 g/mol. The van der Waals surface area contributed by atoms with Crippen molar-refractivity contribution < 1.29 is 9.59 Å². The minimum Gasteiger partial charge on any atom is -0.387 e. The predicted molar refractivity (Wildman–Crippen MR) is 152 cm³/mol. The number of hydrogen-bond donors (Lipinski definition) is 4. The molecule has 2 amide bonds. The highest BCUT2D eigenvalue weighted by atomic mass is 16.2. The molecule has 1 aromatic rings. The van der Waals surface area contributed by atoms with Crippen LogP contribution in [0.3, 0.4) is 0 Å². The first-order valence-corrected chi connectivity index (χ1v) is 13.7. The molecule has 3 aliphatic rings. The Morgan fingerprint density at radius 3 is 2.71 bits per heavy atom. The van der Waals surface area contributed by atoms with Gasteiger partial charge in [-0.05, 0) is 74.4 Å². The van der Waals surface area contributed by atoms with Gasteiger partial charge in [-0.2, -0.15) is 0 Å². The van der Waals surface area contributed by atoms with E-state index in [0.717, 1.165) is 49.1 Å². The number of carbonyl (C=O) groups is 2. The number of allylic oxidation sites excluding steroid dienone is 3. The number of piperidine rings is 2. The van der Waals surface area contributed by atoms with E-state index in [9.17, 15) is 9.59 Å². The number of nitrogens with one attached hydrogen (secondary N) is 3. The van der Waals surface area contributed by atoms with Crippen molar-refractivity contribution in [2.24, 2.45) is 11.8 Å². The number of amides is 2. The van der Waals surface area contributed by atoms with E-state index in [4.69, 9.17) is 11.1 Å². The lowest BCUT2D eigenvalue weighted by molar-refractivity contribution is -0.145. The maximum atomic E-state index is 13.3. The number of aryl methyl sites for hydroxylation is 1. The summed E-state index contributed by atoms with van der Waals surface area (Å²) in [5, 5.41) is 14.9. The van der Waals surface area contributed by atoms with E-state index in [1.54, 1.807) is 11.0 Å². The zero-order valence-corrected chi connectivity index (χ0v) is 23.0. The molecule has 1 aliphatic carbocycles. The van der Waals surface area contributed by atoms with Crippen molar-refractivity contribution in [2.45, 2.75) is 58.5 Å². The molecule has 9 heteroatoms. The number of pyridine rings is 1. The van der Waals surface area contributed by atoms with E-state index in [1.807, 2.05) is 31.4 Å². The molecule has 4 atom stereocenters. The Hall–Kier alpha value is -3.46. The van der Waals surface area contributed by atoms with Crippen molar-refractivity contribution in [1.29, 1.82) is 5.41 Å². The van der Waals surface area contributed by atoms with E-state index < -0.39 is 11.8 Å². The number of nitrogens with zero attached hydrogens (tertiary/aromatic N) is 3. The van der Waals surface area contributed by atoms with Gasteiger partial charge in [0, 0.05) is 30.9 Å². The summed E-state index contributed by atoms with van der Waals surface area (Å²) >= 11 is 0. The zero-order chi connectivity index (χ0) is 27.4. The van der Waals surface area contributed by atoms with Crippen LogP contribution in [0.25, 0.3) is 0 Å². The summed E-state index contributed by atoms with van der Waals surface area (Å²) in [4.78, 5) is 34.4.